The van der Waals surface area contributed by atoms with Crippen LogP contribution in [0.5, 0.6) is 0 Å². The van der Waals surface area contributed by atoms with E-state index in [-0.39, 0.29) is 0 Å². The fraction of sp³-hybridized carbons (Fsp3) is 0.0500. The first kappa shape index (κ1) is 14.2. The Morgan fingerprint density at radius 2 is 1.57 bits per heavy atom. The maximum absolute atomic E-state index is 4.95. The zero-order valence-corrected chi connectivity index (χ0v) is 14.3. The van der Waals surface area contributed by atoms with E-state index in [1.807, 2.05) is 22.9 Å². The average Bonchev–Trinajstić information content (AvgIpc) is 3.06. The highest BCUT2D eigenvalue weighted by molar-refractivity contribution is 9.10. The average molecular weight is 363 g/mol. The molecule has 2 nitrogen and oxygen atoms in total. The normalized spacial score (nSPS) is 11.0. The van der Waals surface area contributed by atoms with Crippen molar-refractivity contribution in [1.82, 2.24) is 9.78 Å². The van der Waals surface area contributed by atoms with Crippen molar-refractivity contribution in [2.75, 3.05) is 0 Å². The van der Waals surface area contributed by atoms with Crippen LogP contribution >= 0.6 is 15.9 Å². The molecule has 0 aromatic heterocycles. The van der Waals surface area contributed by atoms with Crippen molar-refractivity contribution >= 4 is 15.9 Å². The van der Waals surface area contributed by atoms with Crippen LogP contribution in [0.2, 0.25) is 0 Å². The van der Waals surface area contributed by atoms with Crippen molar-refractivity contribution in [3.05, 3.63) is 83.0 Å². The second kappa shape index (κ2) is 5.67. The summed E-state index contributed by atoms with van der Waals surface area (Å²) < 4.78 is 3.07. The highest BCUT2D eigenvalue weighted by Gasteiger charge is 2.17. The third kappa shape index (κ3) is 2.47. The number of aromatic nitrogens is 2. The summed E-state index contributed by atoms with van der Waals surface area (Å²) in [4.78, 5) is 0. The van der Waals surface area contributed by atoms with Crippen LogP contribution in [0.1, 0.15) is 5.69 Å². The first-order valence-electron chi connectivity index (χ1n) is 7.54. The van der Waals surface area contributed by atoms with E-state index in [9.17, 15) is 0 Å². The van der Waals surface area contributed by atoms with Gasteiger partial charge in [0.15, 0.2) is 0 Å². The Labute approximate surface area is 143 Å². The van der Waals surface area contributed by atoms with Gasteiger partial charge in [0.1, 0.15) is 0 Å². The fourth-order valence-corrected chi connectivity index (χ4v) is 3.34. The molecule has 1 aliphatic carbocycles. The molecule has 2 aliphatic rings. The summed E-state index contributed by atoms with van der Waals surface area (Å²) in [5.41, 5.74) is 6.77. The summed E-state index contributed by atoms with van der Waals surface area (Å²) in [5, 5.41) is 4.95. The van der Waals surface area contributed by atoms with E-state index in [1.165, 1.54) is 11.1 Å². The molecule has 0 unspecified atom stereocenters. The molecule has 112 valence electrons. The Morgan fingerprint density at radius 1 is 0.826 bits per heavy atom. The van der Waals surface area contributed by atoms with Gasteiger partial charge in [-0.05, 0) is 25.1 Å². The number of halogens is 1. The molecule has 1 heterocycles. The number of benzene rings is 2. The van der Waals surface area contributed by atoms with E-state index >= 15 is 0 Å². The van der Waals surface area contributed by atoms with E-state index in [2.05, 4.69) is 77.5 Å². The highest BCUT2D eigenvalue weighted by atomic mass is 79.9. The molecule has 1 aliphatic heterocycles. The summed E-state index contributed by atoms with van der Waals surface area (Å²) >= 11 is 3.55. The summed E-state index contributed by atoms with van der Waals surface area (Å²) in [6, 6.07) is 25.0. The largest absolute Gasteiger partial charge is 0.237 e. The molecular formula is C20H15BrN2. The predicted octanol–water partition coefficient (Wildman–Crippen LogP) is 5.72. The predicted molar refractivity (Wildman–Crippen MR) is 98.1 cm³/mol. The van der Waals surface area contributed by atoms with Crippen LogP contribution in [0, 0.1) is 6.92 Å². The quantitative estimate of drug-likeness (QED) is 0.446. The van der Waals surface area contributed by atoms with Crippen LogP contribution in [0.25, 0.3) is 28.1 Å². The van der Waals surface area contributed by atoms with Crippen LogP contribution in [0.4, 0.5) is 0 Å². The standard InChI is InChI=1S/C20H15BrN2/c1-14-18-11-6-12-19(18)20(15-7-3-2-4-8-15)22-23(14)17-10-5-9-16(21)13-17/h2-13H,1H3. The minimum atomic E-state index is 1.01. The van der Waals surface area contributed by atoms with Gasteiger partial charge in [0.05, 0.1) is 11.4 Å². The molecule has 0 N–H and O–H groups in total. The fourth-order valence-electron chi connectivity index (χ4n) is 2.95. The van der Waals surface area contributed by atoms with Crippen molar-refractivity contribution < 1.29 is 0 Å². The minimum absolute atomic E-state index is 1.01. The molecule has 2 aromatic rings. The monoisotopic (exact) mass is 362 g/mol. The Balaban J connectivity index is 2.02. The summed E-state index contributed by atoms with van der Waals surface area (Å²) in [6.45, 7) is 2.12. The molecule has 0 fully saturated rings. The zero-order chi connectivity index (χ0) is 15.8. The van der Waals surface area contributed by atoms with Crippen molar-refractivity contribution in [3.63, 3.8) is 0 Å². The lowest BCUT2D eigenvalue weighted by Crippen LogP contribution is -2.09. The number of fused-ring (bicyclic) bond motifs is 1. The van der Waals surface area contributed by atoms with E-state index in [0.717, 1.165) is 27.1 Å². The van der Waals surface area contributed by atoms with Crippen LogP contribution in [-0.2, 0) is 0 Å². The molecule has 0 radical (unpaired) electrons. The van der Waals surface area contributed by atoms with Crippen molar-refractivity contribution in [2.45, 2.75) is 6.92 Å². The highest BCUT2D eigenvalue weighted by Crippen LogP contribution is 2.35. The minimum Gasteiger partial charge on any atom is -0.237 e. The Morgan fingerprint density at radius 3 is 2.35 bits per heavy atom. The molecule has 0 saturated carbocycles. The van der Waals surface area contributed by atoms with Gasteiger partial charge < -0.3 is 0 Å². The third-order valence-electron chi connectivity index (χ3n) is 4.08. The van der Waals surface area contributed by atoms with Gasteiger partial charge in [-0.15, -0.1) is 0 Å². The molecule has 4 rings (SSSR count). The van der Waals surface area contributed by atoms with Gasteiger partial charge in [0.2, 0.25) is 0 Å². The lowest BCUT2D eigenvalue weighted by molar-refractivity contribution is 0.813. The number of hydrogen-bond acceptors (Lipinski definition) is 1. The summed E-state index contributed by atoms with van der Waals surface area (Å²) in [7, 11) is 0. The molecule has 0 amide bonds. The number of rotatable bonds is 2. The van der Waals surface area contributed by atoms with Gasteiger partial charge >= 0.3 is 0 Å². The maximum atomic E-state index is 4.95. The van der Waals surface area contributed by atoms with Gasteiger partial charge in [-0.25, -0.2) is 4.68 Å². The van der Waals surface area contributed by atoms with Crippen LogP contribution < -0.4 is 0 Å². The SMILES string of the molecule is Cc1c2cccc-2c(-c2ccccc2)nn1-c1cccc(Br)c1. The topological polar surface area (TPSA) is 17.8 Å². The van der Waals surface area contributed by atoms with Gasteiger partial charge in [0, 0.05) is 26.9 Å². The van der Waals surface area contributed by atoms with Gasteiger partial charge in [0.25, 0.3) is 0 Å². The second-order valence-corrected chi connectivity index (χ2v) is 6.46. The Kier molecular flexibility index (Phi) is 3.50. The second-order valence-electron chi connectivity index (χ2n) is 5.54. The molecule has 0 atom stereocenters. The molecule has 2 aromatic carbocycles. The van der Waals surface area contributed by atoms with Gasteiger partial charge in [-0.2, -0.15) is 5.10 Å². The first-order valence-corrected chi connectivity index (χ1v) is 8.33. The lowest BCUT2D eigenvalue weighted by Gasteiger charge is -2.18. The molecule has 0 saturated heterocycles. The van der Waals surface area contributed by atoms with E-state index in [4.69, 9.17) is 5.10 Å². The number of nitrogens with zero attached hydrogens (tertiary/aromatic N) is 2. The van der Waals surface area contributed by atoms with Crippen LogP contribution in [0.3, 0.4) is 0 Å². The van der Waals surface area contributed by atoms with Crippen LogP contribution in [0.15, 0.2) is 77.3 Å². The molecule has 3 heteroatoms. The van der Waals surface area contributed by atoms with Crippen molar-refractivity contribution in [1.29, 1.82) is 0 Å². The number of hydrogen-bond donors (Lipinski definition) is 0. The van der Waals surface area contributed by atoms with Crippen molar-refractivity contribution in [3.8, 4) is 28.1 Å². The maximum Gasteiger partial charge on any atom is 0.0991 e. The Bertz CT molecular complexity index is 941. The van der Waals surface area contributed by atoms with E-state index in [1.54, 1.807) is 0 Å². The van der Waals surface area contributed by atoms with E-state index in [0.29, 0.717) is 0 Å². The molecule has 0 bridgehead atoms. The van der Waals surface area contributed by atoms with E-state index < -0.39 is 0 Å². The third-order valence-corrected chi connectivity index (χ3v) is 4.57. The smallest absolute Gasteiger partial charge is 0.0991 e. The van der Waals surface area contributed by atoms with Crippen LogP contribution in [-0.4, -0.2) is 9.78 Å². The summed E-state index contributed by atoms with van der Waals surface area (Å²) in [5.74, 6) is 0. The molecule has 23 heavy (non-hydrogen) atoms. The first-order chi connectivity index (χ1) is 11.2. The zero-order valence-electron chi connectivity index (χ0n) is 12.7. The molecule has 0 spiro atoms. The summed E-state index contributed by atoms with van der Waals surface area (Å²) in [6.07, 6.45) is 0. The van der Waals surface area contributed by atoms with Gasteiger partial charge in [-0.1, -0.05) is 70.5 Å². The Hall–Kier alpha value is -2.39. The lowest BCUT2D eigenvalue weighted by atomic mass is 10.0. The van der Waals surface area contributed by atoms with Gasteiger partial charge in [-0.3, -0.25) is 0 Å². The molecular weight excluding hydrogens is 348 g/mol. The van der Waals surface area contributed by atoms with Crippen molar-refractivity contribution in [2.24, 2.45) is 0 Å².